The van der Waals surface area contributed by atoms with Crippen LogP contribution in [-0.4, -0.2) is 16.4 Å². The molecule has 0 aliphatic heterocycles. The van der Waals surface area contributed by atoms with E-state index in [1.54, 1.807) is 24.3 Å². The molecule has 98 valence electrons. The van der Waals surface area contributed by atoms with Gasteiger partial charge >= 0.3 is 0 Å². The van der Waals surface area contributed by atoms with Gasteiger partial charge < -0.3 is 10.2 Å². The smallest absolute Gasteiger partial charge is 0.141 e. The number of benzene rings is 2. The second-order valence-electron chi connectivity index (χ2n) is 4.08. The summed E-state index contributed by atoms with van der Waals surface area (Å²) in [7, 11) is 0. The Morgan fingerprint density at radius 1 is 1.11 bits per heavy atom. The zero-order valence-corrected chi connectivity index (χ0v) is 13.2. The molecular formula is C14H11Br2NO2. The van der Waals surface area contributed by atoms with Crippen molar-refractivity contribution in [2.24, 2.45) is 4.99 Å². The van der Waals surface area contributed by atoms with Gasteiger partial charge in [-0.25, -0.2) is 0 Å². The minimum atomic E-state index is 0.107. The van der Waals surface area contributed by atoms with Gasteiger partial charge in [0.1, 0.15) is 17.2 Å². The van der Waals surface area contributed by atoms with Crippen molar-refractivity contribution >= 4 is 43.8 Å². The summed E-state index contributed by atoms with van der Waals surface area (Å²) in [5.74, 6) is 0.217. The van der Waals surface area contributed by atoms with Gasteiger partial charge in [0.25, 0.3) is 0 Å². The van der Waals surface area contributed by atoms with Gasteiger partial charge in [0, 0.05) is 16.3 Å². The summed E-state index contributed by atoms with van der Waals surface area (Å²) in [5.41, 5.74) is 2.03. The van der Waals surface area contributed by atoms with Crippen LogP contribution in [0.4, 0.5) is 5.69 Å². The van der Waals surface area contributed by atoms with Crippen LogP contribution < -0.4 is 0 Å². The second kappa shape index (κ2) is 5.75. The van der Waals surface area contributed by atoms with E-state index in [-0.39, 0.29) is 11.5 Å². The Kier molecular flexibility index (Phi) is 4.27. The predicted molar refractivity (Wildman–Crippen MR) is 83.6 cm³/mol. The van der Waals surface area contributed by atoms with Crippen LogP contribution in [0.25, 0.3) is 0 Å². The number of phenols is 2. The maximum Gasteiger partial charge on any atom is 0.141 e. The quantitative estimate of drug-likeness (QED) is 0.738. The highest BCUT2D eigenvalue weighted by molar-refractivity contribution is 9.11. The molecule has 0 atom stereocenters. The molecule has 0 aliphatic rings. The highest BCUT2D eigenvalue weighted by Crippen LogP contribution is 2.32. The van der Waals surface area contributed by atoms with Crippen molar-refractivity contribution in [3.63, 3.8) is 0 Å². The van der Waals surface area contributed by atoms with Crippen molar-refractivity contribution in [3.05, 3.63) is 50.4 Å². The van der Waals surface area contributed by atoms with E-state index in [1.807, 2.05) is 13.0 Å². The summed E-state index contributed by atoms with van der Waals surface area (Å²) >= 11 is 6.61. The van der Waals surface area contributed by atoms with Gasteiger partial charge in [-0.1, -0.05) is 22.0 Å². The van der Waals surface area contributed by atoms with Crippen molar-refractivity contribution in [3.8, 4) is 11.5 Å². The molecule has 0 aromatic heterocycles. The van der Waals surface area contributed by atoms with Crippen molar-refractivity contribution in [1.29, 1.82) is 0 Å². The lowest BCUT2D eigenvalue weighted by molar-refractivity contribution is 0.470. The first kappa shape index (κ1) is 14.1. The first-order valence-corrected chi connectivity index (χ1v) is 7.07. The molecule has 0 unspecified atom stereocenters. The number of rotatable bonds is 2. The standard InChI is InChI=1S/C14H11Br2NO2/c1-8-2-3-13(18)12(4-8)17-7-9-5-10(15)6-11(16)14(9)19/h2-7,18-19H,1H3. The molecule has 0 spiro atoms. The van der Waals surface area contributed by atoms with Gasteiger partial charge in [0.15, 0.2) is 0 Å². The zero-order chi connectivity index (χ0) is 14.0. The predicted octanol–water partition coefficient (Wildman–Crippen LogP) is 4.68. The lowest BCUT2D eigenvalue weighted by atomic mass is 10.2. The molecule has 0 bridgehead atoms. The fourth-order valence-electron chi connectivity index (χ4n) is 1.56. The van der Waals surface area contributed by atoms with Crippen LogP contribution in [0.1, 0.15) is 11.1 Å². The molecule has 0 heterocycles. The number of phenolic OH excluding ortho intramolecular Hbond substituents is 2. The molecule has 3 nitrogen and oxygen atoms in total. The van der Waals surface area contributed by atoms with Crippen molar-refractivity contribution in [1.82, 2.24) is 0 Å². The summed E-state index contributed by atoms with van der Waals surface area (Å²) in [6.07, 6.45) is 1.51. The Morgan fingerprint density at radius 2 is 1.84 bits per heavy atom. The first-order valence-electron chi connectivity index (χ1n) is 5.49. The topological polar surface area (TPSA) is 52.8 Å². The zero-order valence-electron chi connectivity index (χ0n) is 10.1. The minimum absolute atomic E-state index is 0.107. The molecule has 0 amide bonds. The van der Waals surface area contributed by atoms with Crippen LogP contribution in [0.5, 0.6) is 11.5 Å². The van der Waals surface area contributed by atoms with Gasteiger partial charge in [-0.3, -0.25) is 4.99 Å². The summed E-state index contributed by atoms with van der Waals surface area (Å²) in [4.78, 5) is 4.20. The lowest BCUT2D eigenvalue weighted by Crippen LogP contribution is -1.84. The van der Waals surface area contributed by atoms with Crippen LogP contribution in [0.3, 0.4) is 0 Å². The SMILES string of the molecule is Cc1ccc(O)c(N=Cc2cc(Br)cc(Br)c2O)c1. The fraction of sp³-hybridized carbons (Fsp3) is 0.0714. The van der Waals surface area contributed by atoms with Crippen LogP contribution in [0.15, 0.2) is 44.3 Å². The number of nitrogens with zero attached hydrogens (tertiary/aromatic N) is 1. The first-order chi connectivity index (χ1) is 8.97. The Morgan fingerprint density at radius 3 is 2.58 bits per heavy atom. The molecular weight excluding hydrogens is 374 g/mol. The summed E-state index contributed by atoms with van der Waals surface area (Å²) in [6, 6.07) is 8.67. The van der Waals surface area contributed by atoms with Gasteiger partial charge in [0.05, 0.1) is 4.47 Å². The normalized spacial score (nSPS) is 11.1. The molecule has 2 aromatic carbocycles. The van der Waals surface area contributed by atoms with Gasteiger partial charge in [-0.05, 0) is 52.7 Å². The van der Waals surface area contributed by atoms with E-state index in [1.165, 1.54) is 6.21 Å². The Balaban J connectivity index is 2.40. The monoisotopic (exact) mass is 383 g/mol. The molecule has 0 radical (unpaired) electrons. The van der Waals surface area contributed by atoms with Crippen LogP contribution in [0, 0.1) is 6.92 Å². The van der Waals surface area contributed by atoms with E-state index in [0.717, 1.165) is 10.0 Å². The third-order valence-electron chi connectivity index (χ3n) is 2.53. The molecule has 0 saturated carbocycles. The molecule has 2 N–H and O–H groups in total. The summed E-state index contributed by atoms with van der Waals surface area (Å²) in [6.45, 7) is 1.92. The highest BCUT2D eigenvalue weighted by Gasteiger charge is 2.06. The lowest BCUT2D eigenvalue weighted by Gasteiger charge is -2.04. The number of aryl methyl sites for hydroxylation is 1. The fourth-order valence-corrected chi connectivity index (χ4v) is 2.82. The third kappa shape index (κ3) is 3.36. The minimum Gasteiger partial charge on any atom is -0.506 e. The second-order valence-corrected chi connectivity index (χ2v) is 5.85. The maximum absolute atomic E-state index is 9.90. The number of aromatic hydroxyl groups is 2. The van der Waals surface area contributed by atoms with Crippen LogP contribution in [-0.2, 0) is 0 Å². The maximum atomic E-state index is 9.90. The molecule has 2 rings (SSSR count). The van der Waals surface area contributed by atoms with Crippen molar-refractivity contribution in [2.45, 2.75) is 6.92 Å². The van der Waals surface area contributed by atoms with E-state index < -0.39 is 0 Å². The highest BCUT2D eigenvalue weighted by atomic mass is 79.9. The van der Waals surface area contributed by atoms with Crippen molar-refractivity contribution in [2.75, 3.05) is 0 Å². The Hall–Kier alpha value is -1.33. The number of halogens is 2. The van der Waals surface area contributed by atoms with E-state index in [4.69, 9.17) is 0 Å². The van der Waals surface area contributed by atoms with Gasteiger partial charge in [-0.15, -0.1) is 0 Å². The molecule has 5 heteroatoms. The Labute approximate surface area is 127 Å². The Bertz CT molecular complexity index is 654. The van der Waals surface area contributed by atoms with Crippen LogP contribution >= 0.6 is 31.9 Å². The van der Waals surface area contributed by atoms with E-state index in [9.17, 15) is 10.2 Å². The molecule has 0 aliphatic carbocycles. The van der Waals surface area contributed by atoms with E-state index >= 15 is 0 Å². The largest absolute Gasteiger partial charge is 0.506 e. The summed E-state index contributed by atoms with van der Waals surface area (Å²) in [5, 5.41) is 19.6. The average Bonchev–Trinajstić information content (AvgIpc) is 2.35. The van der Waals surface area contributed by atoms with Gasteiger partial charge in [-0.2, -0.15) is 0 Å². The molecule has 0 saturated heterocycles. The van der Waals surface area contributed by atoms with Gasteiger partial charge in [0.2, 0.25) is 0 Å². The molecule has 2 aromatic rings. The van der Waals surface area contributed by atoms with E-state index in [2.05, 4.69) is 36.9 Å². The summed E-state index contributed by atoms with van der Waals surface area (Å²) < 4.78 is 1.41. The average molecular weight is 385 g/mol. The number of aliphatic imine (C=N–C) groups is 1. The van der Waals surface area contributed by atoms with E-state index in [0.29, 0.717) is 15.7 Å². The van der Waals surface area contributed by atoms with Crippen molar-refractivity contribution < 1.29 is 10.2 Å². The number of hydrogen-bond donors (Lipinski definition) is 2. The third-order valence-corrected chi connectivity index (χ3v) is 3.59. The molecule has 19 heavy (non-hydrogen) atoms. The number of hydrogen-bond acceptors (Lipinski definition) is 3. The van der Waals surface area contributed by atoms with Crippen LogP contribution in [0.2, 0.25) is 0 Å². The molecule has 0 fully saturated rings.